The van der Waals surface area contributed by atoms with Gasteiger partial charge in [-0.15, -0.1) is 0 Å². The fraction of sp³-hybridized carbons (Fsp3) is 0.333. The molecule has 3 aromatic rings. The third kappa shape index (κ3) is 3.64. The summed E-state index contributed by atoms with van der Waals surface area (Å²) in [5.74, 6) is 1.75. The first-order valence-electron chi connectivity index (χ1n) is 8.97. The van der Waals surface area contributed by atoms with Gasteiger partial charge in [-0.05, 0) is 43.1 Å². The molecule has 1 unspecified atom stereocenters. The summed E-state index contributed by atoms with van der Waals surface area (Å²) in [6, 6.07) is 14.9. The average Bonchev–Trinajstić information content (AvgIpc) is 3.24. The Kier molecular flexibility index (Phi) is 4.61. The first kappa shape index (κ1) is 16.0. The summed E-state index contributed by atoms with van der Waals surface area (Å²) in [5, 5.41) is 0. The Hall–Kier alpha value is -2.46. The van der Waals surface area contributed by atoms with Crippen LogP contribution in [-0.2, 0) is 13.1 Å². The highest BCUT2D eigenvalue weighted by molar-refractivity contribution is 5.19. The molecule has 1 saturated heterocycles. The normalized spacial score (nSPS) is 17.9. The molecule has 3 heterocycles. The lowest BCUT2D eigenvalue weighted by atomic mass is 10.1. The zero-order valence-corrected chi connectivity index (χ0v) is 14.7. The van der Waals surface area contributed by atoms with Crippen molar-refractivity contribution in [3.63, 3.8) is 0 Å². The van der Waals surface area contributed by atoms with Crippen molar-refractivity contribution in [1.29, 1.82) is 0 Å². The predicted octanol–water partition coefficient (Wildman–Crippen LogP) is 3.62. The highest BCUT2D eigenvalue weighted by Gasteiger charge is 2.27. The molecule has 1 fully saturated rings. The molecule has 0 bridgehead atoms. The van der Waals surface area contributed by atoms with Crippen LogP contribution in [0.15, 0.2) is 61.1 Å². The summed E-state index contributed by atoms with van der Waals surface area (Å²) in [6.45, 7) is 6.27. The van der Waals surface area contributed by atoms with Crippen molar-refractivity contribution in [1.82, 2.24) is 19.4 Å². The number of likely N-dealkylation sites (tertiary alicyclic amines) is 1. The van der Waals surface area contributed by atoms with Crippen molar-refractivity contribution in [2.24, 2.45) is 0 Å². The van der Waals surface area contributed by atoms with Gasteiger partial charge in [0.25, 0.3) is 0 Å². The summed E-state index contributed by atoms with van der Waals surface area (Å²) < 4.78 is 2.38. The van der Waals surface area contributed by atoms with Gasteiger partial charge in [0.15, 0.2) is 0 Å². The molecule has 4 heteroatoms. The second-order valence-electron chi connectivity index (χ2n) is 6.91. The third-order valence-corrected chi connectivity index (χ3v) is 5.06. The van der Waals surface area contributed by atoms with Crippen LogP contribution in [0.1, 0.15) is 35.0 Å². The van der Waals surface area contributed by atoms with Crippen LogP contribution in [-0.4, -0.2) is 32.5 Å². The second kappa shape index (κ2) is 7.19. The van der Waals surface area contributed by atoms with Gasteiger partial charge in [0.1, 0.15) is 5.82 Å². The van der Waals surface area contributed by atoms with E-state index in [0.29, 0.717) is 5.92 Å². The van der Waals surface area contributed by atoms with E-state index in [2.05, 4.69) is 63.8 Å². The van der Waals surface area contributed by atoms with Crippen molar-refractivity contribution >= 4 is 0 Å². The molecule has 0 spiro atoms. The first-order valence-corrected chi connectivity index (χ1v) is 8.97. The molecule has 1 aliphatic heterocycles. The van der Waals surface area contributed by atoms with Crippen molar-refractivity contribution in [3.05, 3.63) is 83.7 Å². The zero-order chi connectivity index (χ0) is 17.1. The van der Waals surface area contributed by atoms with Crippen LogP contribution in [0.3, 0.4) is 0 Å². The number of pyridine rings is 1. The standard InChI is InChI=1S/C21H24N4/c1-17-13-23-21(25(17)15-18-5-3-2-4-6-18)20-9-12-24(16-20)14-19-7-10-22-11-8-19/h2-8,10-11,13,20H,9,12,14-16H2,1H3. The number of nitrogens with zero attached hydrogens (tertiary/aromatic N) is 4. The van der Waals surface area contributed by atoms with E-state index in [-0.39, 0.29) is 0 Å². The van der Waals surface area contributed by atoms with Crippen molar-refractivity contribution in [3.8, 4) is 0 Å². The summed E-state index contributed by atoms with van der Waals surface area (Å²) in [7, 11) is 0. The van der Waals surface area contributed by atoms with E-state index >= 15 is 0 Å². The van der Waals surface area contributed by atoms with Crippen LogP contribution >= 0.6 is 0 Å². The number of imidazole rings is 1. The van der Waals surface area contributed by atoms with E-state index in [0.717, 1.165) is 26.2 Å². The van der Waals surface area contributed by atoms with E-state index in [9.17, 15) is 0 Å². The van der Waals surface area contributed by atoms with Gasteiger partial charge in [-0.25, -0.2) is 4.98 Å². The lowest BCUT2D eigenvalue weighted by Gasteiger charge is -2.17. The molecule has 0 aliphatic carbocycles. The maximum atomic E-state index is 4.76. The van der Waals surface area contributed by atoms with Gasteiger partial charge < -0.3 is 4.57 Å². The van der Waals surface area contributed by atoms with Gasteiger partial charge in [0.05, 0.1) is 0 Å². The van der Waals surface area contributed by atoms with Crippen LogP contribution in [0, 0.1) is 6.92 Å². The molecule has 128 valence electrons. The Morgan fingerprint density at radius 1 is 1.00 bits per heavy atom. The summed E-state index contributed by atoms with van der Waals surface area (Å²) >= 11 is 0. The molecule has 1 aliphatic rings. The van der Waals surface area contributed by atoms with E-state index in [1.165, 1.54) is 29.1 Å². The number of hydrogen-bond acceptors (Lipinski definition) is 3. The molecule has 25 heavy (non-hydrogen) atoms. The maximum Gasteiger partial charge on any atom is 0.113 e. The van der Waals surface area contributed by atoms with Gasteiger partial charge in [-0.1, -0.05) is 30.3 Å². The Balaban J connectivity index is 1.48. The van der Waals surface area contributed by atoms with Crippen molar-refractivity contribution in [2.45, 2.75) is 32.4 Å². The van der Waals surface area contributed by atoms with Gasteiger partial charge in [0.2, 0.25) is 0 Å². The van der Waals surface area contributed by atoms with Gasteiger partial charge in [0, 0.05) is 49.8 Å². The zero-order valence-electron chi connectivity index (χ0n) is 14.7. The minimum atomic E-state index is 0.513. The summed E-state index contributed by atoms with van der Waals surface area (Å²) in [4.78, 5) is 11.4. The van der Waals surface area contributed by atoms with E-state index in [1.54, 1.807) is 0 Å². The molecule has 0 N–H and O–H groups in total. The lowest BCUT2D eigenvalue weighted by molar-refractivity contribution is 0.325. The Labute approximate surface area is 149 Å². The molecule has 4 nitrogen and oxygen atoms in total. The number of rotatable bonds is 5. The fourth-order valence-electron chi connectivity index (χ4n) is 3.71. The minimum Gasteiger partial charge on any atom is -0.328 e. The maximum absolute atomic E-state index is 4.76. The van der Waals surface area contributed by atoms with Crippen LogP contribution in [0.4, 0.5) is 0 Å². The first-order chi connectivity index (χ1) is 12.3. The van der Waals surface area contributed by atoms with E-state index in [1.807, 2.05) is 18.6 Å². The molecule has 2 aromatic heterocycles. The summed E-state index contributed by atoms with van der Waals surface area (Å²) in [5.41, 5.74) is 3.90. The molecular formula is C21H24N4. The van der Waals surface area contributed by atoms with Crippen LogP contribution in [0.2, 0.25) is 0 Å². The largest absolute Gasteiger partial charge is 0.328 e. The number of hydrogen-bond donors (Lipinski definition) is 0. The average molecular weight is 332 g/mol. The molecule has 1 atom stereocenters. The molecule has 4 rings (SSSR count). The number of benzene rings is 1. The highest BCUT2D eigenvalue weighted by Crippen LogP contribution is 2.28. The van der Waals surface area contributed by atoms with Crippen molar-refractivity contribution in [2.75, 3.05) is 13.1 Å². The van der Waals surface area contributed by atoms with Crippen molar-refractivity contribution < 1.29 is 0 Å². The monoisotopic (exact) mass is 332 g/mol. The smallest absolute Gasteiger partial charge is 0.113 e. The Bertz CT molecular complexity index is 810. The third-order valence-electron chi connectivity index (χ3n) is 5.06. The molecule has 0 amide bonds. The molecular weight excluding hydrogens is 308 g/mol. The van der Waals surface area contributed by atoms with E-state index < -0.39 is 0 Å². The van der Waals surface area contributed by atoms with Crippen LogP contribution in [0.5, 0.6) is 0 Å². The molecule has 0 saturated carbocycles. The quantitative estimate of drug-likeness (QED) is 0.715. The predicted molar refractivity (Wildman–Crippen MR) is 99.4 cm³/mol. The molecule has 0 radical (unpaired) electrons. The fourth-order valence-corrected chi connectivity index (χ4v) is 3.71. The van der Waals surface area contributed by atoms with Crippen LogP contribution in [0.25, 0.3) is 0 Å². The van der Waals surface area contributed by atoms with Gasteiger partial charge in [-0.2, -0.15) is 0 Å². The Morgan fingerprint density at radius 3 is 2.56 bits per heavy atom. The van der Waals surface area contributed by atoms with Gasteiger partial charge in [-0.3, -0.25) is 9.88 Å². The topological polar surface area (TPSA) is 34.0 Å². The van der Waals surface area contributed by atoms with E-state index in [4.69, 9.17) is 4.98 Å². The minimum absolute atomic E-state index is 0.513. The Morgan fingerprint density at radius 2 is 1.76 bits per heavy atom. The molecule has 1 aromatic carbocycles. The second-order valence-corrected chi connectivity index (χ2v) is 6.91. The SMILES string of the molecule is Cc1cnc(C2CCN(Cc3ccncc3)C2)n1Cc1ccccc1. The van der Waals surface area contributed by atoms with Crippen LogP contribution < -0.4 is 0 Å². The van der Waals surface area contributed by atoms with Gasteiger partial charge >= 0.3 is 0 Å². The summed E-state index contributed by atoms with van der Waals surface area (Å²) in [6.07, 6.45) is 6.94. The lowest BCUT2D eigenvalue weighted by Crippen LogP contribution is -2.21. The number of aromatic nitrogens is 3. The number of aryl methyl sites for hydroxylation is 1. The highest BCUT2D eigenvalue weighted by atomic mass is 15.2.